The molecule has 2 aromatic rings. The van der Waals surface area contributed by atoms with Crippen LogP contribution in [-0.2, 0) is 6.42 Å². The largest absolute Gasteiger partial charge is 0.493 e. The number of hydrogen-bond acceptors (Lipinski definition) is 3. The summed E-state index contributed by atoms with van der Waals surface area (Å²) < 4.78 is 11.0. The molecule has 1 aliphatic heterocycles. The van der Waals surface area contributed by atoms with Gasteiger partial charge in [0, 0.05) is 17.5 Å². The molecular formula is C14H15NO2. The van der Waals surface area contributed by atoms with E-state index in [1.54, 1.807) is 6.26 Å². The zero-order valence-electron chi connectivity index (χ0n) is 9.77. The Kier molecular flexibility index (Phi) is 2.41. The Balaban J connectivity index is 2.05. The summed E-state index contributed by atoms with van der Waals surface area (Å²) in [7, 11) is 0. The van der Waals surface area contributed by atoms with Gasteiger partial charge < -0.3 is 14.9 Å². The molecule has 0 aliphatic carbocycles. The fraction of sp³-hybridized carbons (Fsp3) is 0.286. The van der Waals surface area contributed by atoms with E-state index >= 15 is 0 Å². The fourth-order valence-corrected chi connectivity index (χ4v) is 2.37. The van der Waals surface area contributed by atoms with Gasteiger partial charge in [0.1, 0.15) is 11.5 Å². The highest BCUT2D eigenvalue weighted by Gasteiger charge is 2.22. The monoisotopic (exact) mass is 229 g/mol. The summed E-state index contributed by atoms with van der Waals surface area (Å²) in [6.07, 6.45) is 2.65. The average Bonchev–Trinajstić information content (AvgIpc) is 2.95. The van der Waals surface area contributed by atoms with Gasteiger partial charge >= 0.3 is 0 Å². The molecule has 3 rings (SSSR count). The Hall–Kier alpha value is -1.74. The fourth-order valence-electron chi connectivity index (χ4n) is 2.37. The first-order valence-electron chi connectivity index (χ1n) is 5.81. The molecule has 2 N–H and O–H groups in total. The minimum Gasteiger partial charge on any atom is -0.493 e. The van der Waals surface area contributed by atoms with E-state index in [1.165, 1.54) is 5.56 Å². The molecular weight excluding hydrogens is 214 g/mol. The van der Waals surface area contributed by atoms with Crippen molar-refractivity contribution >= 4 is 0 Å². The second-order valence-corrected chi connectivity index (χ2v) is 4.34. The van der Waals surface area contributed by atoms with Gasteiger partial charge in [0.15, 0.2) is 0 Å². The van der Waals surface area contributed by atoms with E-state index in [9.17, 15) is 0 Å². The van der Waals surface area contributed by atoms with Crippen LogP contribution >= 0.6 is 0 Å². The van der Waals surface area contributed by atoms with Gasteiger partial charge in [0.2, 0.25) is 0 Å². The molecule has 0 bridgehead atoms. The number of hydrogen-bond donors (Lipinski definition) is 1. The van der Waals surface area contributed by atoms with Gasteiger partial charge in [-0.2, -0.15) is 0 Å². The zero-order chi connectivity index (χ0) is 11.8. The van der Waals surface area contributed by atoms with E-state index in [-0.39, 0.29) is 6.04 Å². The van der Waals surface area contributed by atoms with Gasteiger partial charge in [-0.3, -0.25) is 0 Å². The van der Waals surface area contributed by atoms with E-state index in [0.29, 0.717) is 0 Å². The number of ether oxygens (including phenoxy) is 1. The molecule has 1 aliphatic rings. The van der Waals surface area contributed by atoms with Gasteiger partial charge in [-0.1, -0.05) is 18.2 Å². The molecule has 3 heteroatoms. The van der Waals surface area contributed by atoms with Crippen LogP contribution in [0.15, 0.2) is 34.9 Å². The van der Waals surface area contributed by atoms with Crippen LogP contribution in [0.5, 0.6) is 5.75 Å². The predicted octanol–water partition coefficient (Wildman–Crippen LogP) is 2.57. The third-order valence-corrected chi connectivity index (χ3v) is 3.31. The van der Waals surface area contributed by atoms with Crippen molar-refractivity contribution in [1.29, 1.82) is 0 Å². The van der Waals surface area contributed by atoms with E-state index in [1.807, 2.05) is 25.1 Å². The van der Waals surface area contributed by atoms with Crippen molar-refractivity contribution in [2.24, 2.45) is 5.73 Å². The predicted molar refractivity (Wildman–Crippen MR) is 65.1 cm³/mol. The highest BCUT2D eigenvalue weighted by molar-refractivity contribution is 5.48. The van der Waals surface area contributed by atoms with E-state index in [2.05, 4.69) is 6.07 Å². The highest BCUT2D eigenvalue weighted by atomic mass is 16.5. The maximum absolute atomic E-state index is 6.29. The third kappa shape index (κ3) is 1.63. The van der Waals surface area contributed by atoms with E-state index in [0.717, 1.165) is 35.7 Å². The Morgan fingerprint density at radius 3 is 2.88 bits per heavy atom. The van der Waals surface area contributed by atoms with Gasteiger partial charge in [-0.05, 0) is 18.6 Å². The molecule has 17 heavy (non-hydrogen) atoms. The maximum atomic E-state index is 6.29. The quantitative estimate of drug-likeness (QED) is 0.861. The summed E-state index contributed by atoms with van der Waals surface area (Å²) in [4.78, 5) is 0. The van der Waals surface area contributed by atoms with Crippen LogP contribution in [0.25, 0.3) is 0 Å². The Morgan fingerprint density at radius 2 is 2.12 bits per heavy atom. The second-order valence-electron chi connectivity index (χ2n) is 4.34. The lowest BCUT2D eigenvalue weighted by Crippen LogP contribution is -2.13. The van der Waals surface area contributed by atoms with Crippen LogP contribution in [-0.4, -0.2) is 6.61 Å². The lowest BCUT2D eigenvalue weighted by Gasteiger charge is -2.14. The summed E-state index contributed by atoms with van der Waals surface area (Å²) in [5.41, 5.74) is 9.61. The Labute approximate surface area is 100 Å². The molecule has 0 saturated heterocycles. The first-order chi connectivity index (χ1) is 8.27. The highest BCUT2D eigenvalue weighted by Crippen LogP contribution is 2.35. The van der Waals surface area contributed by atoms with Crippen LogP contribution < -0.4 is 10.5 Å². The zero-order valence-corrected chi connectivity index (χ0v) is 9.77. The normalized spacial score (nSPS) is 15.4. The number of para-hydroxylation sites is 1. The molecule has 1 aromatic carbocycles. The van der Waals surface area contributed by atoms with E-state index < -0.39 is 0 Å². The van der Waals surface area contributed by atoms with Crippen molar-refractivity contribution in [1.82, 2.24) is 0 Å². The number of aryl methyl sites for hydroxylation is 1. The summed E-state index contributed by atoms with van der Waals surface area (Å²) in [5.74, 6) is 1.83. The average molecular weight is 229 g/mol. The minimum atomic E-state index is -0.179. The molecule has 0 radical (unpaired) electrons. The van der Waals surface area contributed by atoms with E-state index in [4.69, 9.17) is 14.9 Å². The van der Waals surface area contributed by atoms with Gasteiger partial charge in [0.05, 0.1) is 18.9 Å². The summed E-state index contributed by atoms with van der Waals surface area (Å²) >= 11 is 0. The standard InChI is InChI=1S/C14H15NO2/c1-9-11(6-8-16-9)13(15)12-4-2-3-10-5-7-17-14(10)12/h2-4,6,8,13H,5,7,15H2,1H3. The third-order valence-electron chi connectivity index (χ3n) is 3.31. The molecule has 0 fully saturated rings. The van der Waals surface area contributed by atoms with Gasteiger partial charge in [0.25, 0.3) is 0 Å². The number of rotatable bonds is 2. The number of fused-ring (bicyclic) bond motifs is 1. The van der Waals surface area contributed by atoms with Crippen LogP contribution in [0.3, 0.4) is 0 Å². The Bertz CT molecular complexity index is 545. The molecule has 88 valence electrons. The van der Waals surface area contributed by atoms with Crippen molar-refractivity contribution < 1.29 is 9.15 Å². The summed E-state index contributed by atoms with van der Waals surface area (Å²) in [6.45, 7) is 2.68. The number of benzene rings is 1. The van der Waals surface area contributed by atoms with Crippen molar-refractivity contribution in [2.75, 3.05) is 6.61 Å². The van der Waals surface area contributed by atoms with Gasteiger partial charge in [-0.15, -0.1) is 0 Å². The van der Waals surface area contributed by atoms with Crippen LogP contribution in [0, 0.1) is 6.92 Å². The minimum absolute atomic E-state index is 0.179. The topological polar surface area (TPSA) is 48.4 Å². The molecule has 3 nitrogen and oxygen atoms in total. The molecule has 0 saturated carbocycles. The Morgan fingerprint density at radius 1 is 1.24 bits per heavy atom. The molecule has 0 amide bonds. The molecule has 1 atom stereocenters. The number of furan rings is 1. The maximum Gasteiger partial charge on any atom is 0.127 e. The molecule has 1 unspecified atom stereocenters. The van der Waals surface area contributed by atoms with Gasteiger partial charge in [-0.25, -0.2) is 0 Å². The van der Waals surface area contributed by atoms with Crippen molar-refractivity contribution in [3.05, 3.63) is 53.0 Å². The molecule has 1 aromatic heterocycles. The van der Waals surface area contributed by atoms with Crippen LogP contribution in [0.1, 0.15) is 28.5 Å². The number of nitrogens with two attached hydrogens (primary N) is 1. The lowest BCUT2D eigenvalue weighted by molar-refractivity contribution is 0.352. The smallest absolute Gasteiger partial charge is 0.127 e. The SMILES string of the molecule is Cc1occc1C(N)c1cccc2c1OCC2. The van der Waals surface area contributed by atoms with Crippen molar-refractivity contribution in [2.45, 2.75) is 19.4 Å². The van der Waals surface area contributed by atoms with Crippen LogP contribution in [0.2, 0.25) is 0 Å². The molecule has 0 spiro atoms. The van der Waals surface area contributed by atoms with Crippen molar-refractivity contribution in [3.8, 4) is 5.75 Å². The first-order valence-corrected chi connectivity index (χ1v) is 5.81. The van der Waals surface area contributed by atoms with Crippen LogP contribution in [0.4, 0.5) is 0 Å². The summed E-state index contributed by atoms with van der Waals surface area (Å²) in [6, 6.07) is 7.91. The lowest BCUT2D eigenvalue weighted by atomic mass is 9.97. The second kappa shape index (κ2) is 3.93. The molecule has 2 heterocycles. The summed E-state index contributed by atoms with van der Waals surface area (Å²) in [5, 5.41) is 0. The first kappa shape index (κ1) is 10.4. The van der Waals surface area contributed by atoms with Crippen molar-refractivity contribution in [3.63, 3.8) is 0 Å².